The molecule has 33 heavy (non-hydrogen) atoms. The van der Waals surface area contributed by atoms with Crippen molar-refractivity contribution in [1.82, 2.24) is 10.3 Å². The summed E-state index contributed by atoms with van der Waals surface area (Å²) in [7, 11) is 1.61. The Bertz CT molecular complexity index is 951. The molecule has 0 bridgehead atoms. The first-order chi connectivity index (χ1) is 15.7. The van der Waals surface area contributed by atoms with E-state index in [-0.39, 0.29) is 24.3 Å². The lowest BCUT2D eigenvalue weighted by Gasteiger charge is -2.28. The second-order valence-electron chi connectivity index (χ2n) is 8.70. The third kappa shape index (κ3) is 7.08. The highest BCUT2D eigenvalue weighted by Crippen LogP contribution is 2.40. The summed E-state index contributed by atoms with van der Waals surface area (Å²) in [5, 5.41) is 6.78. The Balaban J connectivity index is 1.62. The van der Waals surface area contributed by atoms with Gasteiger partial charge in [-0.25, -0.2) is 14.6 Å². The van der Waals surface area contributed by atoms with Crippen molar-refractivity contribution in [2.45, 2.75) is 77.5 Å². The van der Waals surface area contributed by atoms with E-state index >= 15 is 0 Å². The van der Waals surface area contributed by atoms with Crippen molar-refractivity contribution in [3.05, 3.63) is 29.4 Å². The largest absolute Gasteiger partial charge is 0.496 e. The number of nitrogens with zero attached hydrogens (tertiary/aromatic N) is 1. The second kappa shape index (κ2) is 11.4. The number of anilines is 1. The molecule has 3 rings (SSSR count). The number of nitrogens with one attached hydrogen (secondary N) is 2. The number of carbonyl (C=O) groups is 2. The fourth-order valence-corrected chi connectivity index (χ4v) is 4.95. The predicted molar refractivity (Wildman–Crippen MR) is 129 cm³/mol. The number of hydrogen-bond acceptors (Lipinski definition) is 7. The Morgan fingerprint density at radius 1 is 1.03 bits per heavy atom. The van der Waals surface area contributed by atoms with Gasteiger partial charge in [-0.3, -0.25) is 5.32 Å². The second-order valence-corrected chi connectivity index (χ2v) is 9.77. The standard InChI is InChI=1S/C24H33N3O5S/c1-14(2)31-23(28)26-17-8-6-16(7-9-17)22-25-13-21(33-22)19-11-10-18(12-20(19)30-5)27-24(29)32-15(3)4/h10-17H,6-9H2,1-5H3,(H,26,28)(H,27,29)/t16-,17-. The molecular formula is C24H33N3O5S. The quantitative estimate of drug-likeness (QED) is 0.514. The first kappa shape index (κ1) is 24.8. The number of hydrogen-bond donors (Lipinski definition) is 2. The number of aromatic nitrogens is 1. The summed E-state index contributed by atoms with van der Waals surface area (Å²) in [6.07, 6.45) is 4.48. The number of carbonyl (C=O) groups excluding carboxylic acids is 2. The molecule has 0 radical (unpaired) electrons. The number of rotatable bonds is 7. The minimum atomic E-state index is -0.498. The van der Waals surface area contributed by atoms with E-state index in [9.17, 15) is 9.59 Å². The number of ether oxygens (including phenoxy) is 3. The van der Waals surface area contributed by atoms with Crippen molar-refractivity contribution >= 4 is 29.2 Å². The van der Waals surface area contributed by atoms with Crippen molar-refractivity contribution in [2.24, 2.45) is 0 Å². The minimum Gasteiger partial charge on any atom is -0.496 e. The van der Waals surface area contributed by atoms with E-state index in [1.54, 1.807) is 38.4 Å². The molecule has 1 saturated carbocycles. The SMILES string of the molecule is COc1cc(NC(=O)OC(C)C)ccc1-c1cnc([C@H]2CC[C@H](NC(=O)OC(C)C)CC2)s1. The summed E-state index contributed by atoms with van der Waals surface area (Å²) >= 11 is 1.66. The lowest BCUT2D eigenvalue weighted by molar-refractivity contribution is 0.109. The molecule has 0 aliphatic heterocycles. The molecule has 0 atom stereocenters. The molecule has 2 amide bonds. The fourth-order valence-electron chi connectivity index (χ4n) is 3.83. The molecule has 9 heteroatoms. The normalized spacial score (nSPS) is 18.2. The van der Waals surface area contributed by atoms with Gasteiger partial charge in [-0.2, -0.15) is 0 Å². The van der Waals surface area contributed by atoms with Crippen LogP contribution in [0.15, 0.2) is 24.4 Å². The van der Waals surface area contributed by atoms with Crippen molar-refractivity contribution in [3.63, 3.8) is 0 Å². The molecule has 1 fully saturated rings. The first-order valence-electron chi connectivity index (χ1n) is 11.3. The summed E-state index contributed by atoms with van der Waals surface area (Å²) < 4.78 is 15.9. The molecule has 8 nitrogen and oxygen atoms in total. The number of amides is 2. The zero-order valence-electron chi connectivity index (χ0n) is 19.8. The van der Waals surface area contributed by atoms with Gasteiger partial charge in [-0.1, -0.05) is 0 Å². The fraction of sp³-hybridized carbons (Fsp3) is 0.542. The molecule has 1 aliphatic carbocycles. The molecule has 1 aromatic heterocycles. The zero-order chi connectivity index (χ0) is 24.0. The van der Waals surface area contributed by atoms with E-state index < -0.39 is 6.09 Å². The summed E-state index contributed by atoms with van der Waals surface area (Å²) in [6, 6.07) is 5.67. The van der Waals surface area contributed by atoms with Crippen LogP contribution in [0.5, 0.6) is 5.75 Å². The van der Waals surface area contributed by atoms with Gasteiger partial charge >= 0.3 is 12.2 Å². The average Bonchev–Trinajstić information content (AvgIpc) is 3.23. The molecule has 2 aromatic rings. The summed E-state index contributed by atoms with van der Waals surface area (Å²) in [5.74, 6) is 1.03. The Morgan fingerprint density at radius 2 is 1.70 bits per heavy atom. The van der Waals surface area contributed by atoms with Gasteiger partial charge in [-0.05, 0) is 65.5 Å². The highest BCUT2D eigenvalue weighted by Gasteiger charge is 2.26. The minimum absolute atomic E-state index is 0.120. The lowest BCUT2D eigenvalue weighted by Crippen LogP contribution is -2.38. The highest BCUT2D eigenvalue weighted by atomic mass is 32.1. The molecule has 0 saturated heterocycles. The monoisotopic (exact) mass is 475 g/mol. The van der Waals surface area contributed by atoms with E-state index in [0.29, 0.717) is 17.4 Å². The molecule has 0 unspecified atom stereocenters. The number of alkyl carbamates (subject to hydrolysis) is 1. The van der Waals surface area contributed by atoms with E-state index in [4.69, 9.17) is 14.2 Å². The Hall–Kier alpha value is -2.81. The smallest absolute Gasteiger partial charge is 0.411 e. The van der Waals surface area contributed by atoms with Gasteiger partial charge in [0, 0.05) is 35.5 Å². The summed E-state index contributed by atoms with van der Waals surface area (Å²) in [5.41, 5.74) is 1.53. The summed E-state index contributed by atoms with van der Waals surface area (Å²) in [6.45, 7) is 7.29. The van der Waals surface area contributed by atoms with Gasteiger partial charge in [0.1, 0.15) is 5.75 Å². The van der Waals surface area contributed by atoms with Crippen LogP contribution >= 0.6 is 11.3 Å². The lowest BCUT2D eigenvalue weighted by atomic mass is 9.86. The molecule has 1 heterocycles. The Kier molecular flexibility index (Phi) is 8.55. The van der Waals surface area contributed by atoms with Gasteiger partial charge in [0.15, 0.2) is 0 Å². The third-order valence-electron chi connectivity index (χ3n) is 5.32. The molecule has 180 valence electrons. The van der Waals surface area contributed by atoms with Crippen LogP contribution in [0, 0.1) is 0 Å². The maximum Gasteiger partial charge on any atom is 0.411 e. The molecule has 1 aromatic carbocycles. The van der Waals surface area contributed by atoms with Gasteiger partial charge in [0.25, 0.3) is 0 Å². The third-order valence-corrected chi connectivity index (χ3v) is 6.51. The van der Waals surface area contributed by atoms with Crippen LogP contribution in [0.2, 0.25) is 0 Å². The molecule has 0 spiro atoms. The van der Waals surface area contributed by atoms with Gasteiger partial charge in [0.05, 0.1) is 29.2 Å². The number of methoxy groups -OCH3 is 1. The van der Waals surface area contributed by atoms with Crippen molar-refractivity contribution in [2.75, 3.05) is 12.4 Å². The van der Waals surface area contributed by atoms with Crippen LogP contribution in [0.4, 0.5) is 15.3 Å². The molecule has 2 N–H and O–H groups in total. The van der Waals surface area contributed by atoms with E-state index in [1.165, 1.54) is 0 Å². The van der Waals surface area contributed by atoms with Crippen LogP contribution in [0.1, 0.15) is 64.3 Å². The summed E-state index contributed by atoms with van der Waals surface area (Å²) in [4.78, 5) is 29.4. The van der Waals surface area contributed by atoms with Gasteiger partial charge in [-0.15, -0.1) is 11.3 Å². The van der Waals surface area contributed by atoms with Crippen molar-refractivity contribution in [3.8, 4) is 16.2 Å². The topological polar surface area (TPSA) is 98.8 Å². The van der Waals surface area contributed by atoms with Crippen molar-refractivity contribution < 1.29 is 23.8 Å². The van der Waals surface area contributed by atoms with Crippen LogP contribution in [0.25, 0.3) is 10.4 Å². The predicted octanol–water partition coefficient (Wildman–Crippen LogP) is 5.94. The van der Waals surface area contributed by atoms with Crippen LogP contribution in [0.3, 0.4) is 0 Å². The molecule has 1 aliphatic rings. The van der Waals surface area contributed by atoms with Gasteiger partial charge in [0.2, 0.25) is 0 Å². The van der Waals surface area contributed by atoms with Crippen LogP contribution in [-0.4, -0.2) is 42.5 Å². The van der Waals surface area contributed by atoms with Crippen molar-refractivity contribution in [1.29, 1.82) is 0 Å². The number of thiazole rings is 1. The number of benzene rings is 1. The average molecular weight is 476 g/mol. The van der Waals surface area contributed by atoms with Gasteiger partial charge < -0.3 is 19.5 Å². The van der Waals surface area contributed by atoms with E-state index in [2.05, 4.69) is 15.6 Å². The maximum atomic E-state index is 11.9. The first-order valence-corrected chi connectivity index (χ1v) is 12.2. The van der Waals surface area contributed by atoms with E-state index in [0.717, 1.165) is 41.1 Å². The highest BCUT2D eigenvalue weighted by molar-refractivity contribution is 7.15. The zero-order valence-corrected chi connectivity index (χ0v) is 20.7. The Labute approximate surface area is 199 Å². The van der Waals surface area contributed by atoms with E-state index in [1.807, 2.05) is 32.2 Å². The maximum absolute atomic E-state index is 11.9. The van der Waals surface area contributed by atoms with Crippen LogP contribution in [-0.2, 0) is 9.47 Å². The van der Waals surface area contributed by atoms with Crippen LogP contribution < -0.4 is 15.4 Å². The molecular weight excluding hydrogens is 442 g/mol. The Morgan fingerprint density at radius 3 is 2.33 bits per heavy atom.